The molecule has 3 rings (SSSR count). The molecule has 4 nitrogen and oxygen atoms in total. The van der Waals surface area contributed by atoms with Crippen LogP contribution in [-0.2, 0) is 13.6 Å². The van der Waals surface area contributed by atoms with Crippen LogP contribution in [-0.4, -0.2) is 22.4 Å². The van der Waals surface area contributed by atoms with Crippen LogP contribution in [0.25, 0.3) is 11.0 Å². The summed E-state index contributed by atoms with van der Waals surface area (Å²) < 4.78 is 9.99. The standard InChI is InChI=1S/C19H23N2O2/c1-14-7-6-8-17(11-14)23-13-16(22)12-21-15(2)20(3)18-9-4-5-10-19(18)21/h4-11,16,22H,12-13H2,1-3H3/q+1/t16-/m1/s1. The van der Waals surface area contributed by atoms with E-state index in [9.17, 15) is 5.11 Å². The predicted octanol–water partition coefficient (Wildman–Crippen LogP) is 2.52. The summed E-state index contributed by atoms with van der Waals surface area (Å²) in [5.74, 6) is 1.91. The fraction of sp³-hybridized carbons (Fsp3) is 0.316. The molecule has 120 valence electrons. The van der Waals surface area contributed by atoms with E-state index in [1.54, 1.807) is 0 Å². The Kier molecular flexibility index (Phi) is 4.35. The van der Waals surface area contributed by atoms with Crippen LogP contribution in [0.5, 0.6) is 5.75 Å². The molecule has 0 bridgehead atoms. The molecule has 1 heterocycles. The molecule has 0 fully saturated rings. The van der Waals surface area contributed by atoms with Crippen molar-refractivity contribution in [2.75, 3.05) is 6.61 Å². The van der Waals surface area contributed by atoms with Gasteiger partial charge in [-0.05, 0) is 36.8 Å². The third-order valence-electron chi connectivity index (χ3n) is 4.24. The van der Waals surface area contributed by atoms with Crippen LogP contribution in [0.3, 0.4) is 0 Å². The molecule has 1 N–H and O–H groups in total. The fourth-order valence-corrected chi connectivity index (χ4v) is 2.90. The lowest BCUT2D eigenvalue weighted by molar-refractivity contribution is -0.652. The van der Waals surface area contributed by atoms with Crippen molar-refractivity contribution < 1.29 is 14.4 Å². The van der Waals surface area contributed by atoms with Crippen molar-refractivity contribution in [3.63, 3.8) is 0 Å². The van der Waals surface area contributed by atoms with Gasteiger partial charge >= 0.3 is 0 Å². The number of benzene rings is 2. The fourth-order valence-electron chi connectivity index (χ4n) is 2.90. The van der Waals surface area contributed by atoms with Gasteiger partial charge in [0.2, 0.25) is 0 Å². The topological polar surface area (TPSA) is 38.3 Å². The largest absolute Gasteiger partial charge is 0.491 e. The zero-order valence-electron chi connectivity index (χ0n) is 13.9. The minimum Gasteiger partial charge on any atom is -0.491 e. The van der Waals surface area contributed by atoms with Gasteiger partial charge in [0, 0.05) is 6.92 Å². The number of aliphatic hydroxyl groups is 1. The van der Waals surface area contributed by atoms with E-state index in [-0.39, 0.29) is 6.61 Å². The maximum atomic E-state index is 10.4. The first-order chi connectivity index (χ1) is 11.1. The van der Waals surface area contributed by atoms with Crippen molar-refractivity contribution in [3.8, 4) is 5.75 Å². The van der Waals surface area contributed by atoms with E-state index in [0.29, 0.717) is 6.54 Å². The summed E-state index contributed by atoms with van der Waals surface area (Å²) in [6.07, 6.45) is -0.565. The number of rotatable bonds is 5. The second-order valence-electron chi connectivity index (χ2n) is 5.99. The molecule has 4 heteroatoms. The van der Waals surface area contributed by atoms with Crippen molar-refractivity contribution in [3.05, 3.63) is 59.9 Å². The van der Waals surface area contributed by atoms with Crippen LogP contribution in [0, 0.1) is 13.8 Å². The molecule has 1 atom stereocenters. The normalized spacial score (nSPS) is 12.5. The van der Waals surface area contributed by atoms with Gasteiger partial charge in [-0.2, -0.15) is 0 Å². The smallest absolute Gasteiger partial charge is 0.254 e. The monoisotopic (exact) mass is 311 g/mol. The average Bonchev–Trinajstić information content (AvgIpc) is 2.79. The van der Waals surface area contributed by atoms with E-state index in [0.717, 1.165) is 28.2 Å². The molecule has 0 amide bonds. The number of para-hydroxylation sites is 2. The van der Waals surface area contributed by atoms with Crippen LogP contribution >= 0.6 is 0 Å². The number of ether oxygens (including phenoxy) is 1. The number of fused-ring (bicyclic) bond motifs is 1. The number of hydrogen-bond acceptors (Lipinski definition) is 2. The van der Waals surface area contributed by atoms with E-state index in [2.05, 4.69) is 28.2 Å². The summed E-state index contributed by atoms with van der Waals surface area (Å²) >= 11 is 0. The minimum atomic E-state index is -0.565. The Bertz CT molecular complexity index is 823. The van der Waals surface area contributed by atoms with Crippen LogP contribution in [0.2, 0.25) is 0 Å². The molecule has 1 aromatic heterocycles. The molecule has 0 aliphatic heterocycles. The number of nitrogens with zero attached hydrogens (tertiary/aromatic N) is 2. The van der Waals surface area contributed by atoms with Crippen molar-refractivity contribution in [2.24, 2.45) is 7.05 Å². The number of aliphatic hydroxyl groups excluding tert-OH is 1. The number of hydrogen-bond donors (Lipinski definition) is 1. The molecule has 23 heavy (non-hydrogen) atoms. The quantitative estimate of drug-likeness (QED) is 0.735. The van der Waals surface area contributed by atoms with E-state index >= 15 is 0 Å². The van der Waals surface area contributed by atoms with Gasteiger partial charge in [-0.3, -0.25) is 0 Å². The Morgan fingerprint density at radius 1 is 1.13 bits per heavy atom. The predicted molar refractivity (Wildman–Crippen MR) is 90.5 cm³/mol. The van der Waals surface area contributed by atoms with E-state index in [1.165, 1.54) is 0 Å². The second kappa shape index (κ2) is 6.42. The highest BCUT2D eigenvalue weighted by atomic mass is 16.5. The number of aryl methyl sites for hydroxylation is 2. The highest BCUT2D eigenvalue weighted by molar-refractivity contribution is 5.72. The summed E-state index contributed by atoms with van der Waals surface area (Å²) in [7, 11) is 2.05. The molecule has 0 aliphatic rings. The third-order valence-corrected chi connectivity index (χ3v) is 4.24. The first kappa shape index (κ1) is 15.6. The van der Waals surface area contributed by atoms with Gasteiger partial charge in [0.05, 0.1) is 7.05 Å². The molecular weight excluding hydrogens is 288 g/mol. The summed E-state index contributed by atoms with van der Waals surface area (Å²) in [6, 6.07) is 16.1. The van der Waals surface area contributed by atoms with Gasteiger partial charge in [0.1, 0.15) is 25.0 Å². The summed E-state index contributed by atoms with van der Waals surface area (Å²) in [5, 5.41) is 10.4. The van der Waals surface area contributed by atoms with E-state index < -0.39 is 6.10 Å². The highest BCUT2D eigenvalue weighted by Gasteiger charge is 2.21. The van der Waals surface area contributed by atoms with Gasteiger partial charge < -0.3 is 9.84 Å². The molecule has 0 saturated carbocycles. The molecule has 0 saturated heterocycles. The van der Waals surface area contributed by atoms with E-state index in [4.69, 9.17) is 4.74 Å². The first-order valence-corrected chi connectivity index (χ1v) is 7.87. The lowest BCUT2D eigenvalue weighted by atomic mass is 10.2. The average molecular weight is 311 g/mol. The molecule has 3 aromatic rings. The van der Waals surface area contributed by atoms with Crippen LogP contribution in [0.4, 0.5) is 0 Å². The van der Waals surface area contributed by atoms with Gasteiger partial charge in [-0.15, -0.1) is 0 Å². The Morgan fingerprint density at radius 2 is 1.91 bits per heavy atom. The Hall–Kier alpha value is -2.33. The summed E-state index contributed by atoms with van der Waals surface area (Å²) in [4.78, 5) is 0. The molecule has 0 unspecified atom stereocenters. The third kappa shape index (κ3) is 3.22. The molecular formula is C19H23N2O2+. The summed E-state index contributed by atoms with van der Waals surface area (Å²) in [5.41, 5.74) is 3.44. The number of imidazole rings is 1. The first-order valence-electron chi connectivity index (χ1n) is 7.87. The maximum Gasteiger partial charge on any atom is 0.254 e. The van der Waals surface area contributed by atoms with Crippen molar-refractivity contribution in [1.82, 2.24) is 4.57 Å². The number of aromatic nitrogens is 2. The molecule has 0 spiro atoms. The van der Waals surface area contributed by atoms with Crippen molar-refractivity contribution in [1.29, 1.82) is 0 Å². The van der Waals surface area contributed by atoms with Gasteiger partial charge in [-0.25, -0.2) is 9.13 Å². The SMILES string of the molecule is Cc1cccc(OC[C@H](O)Cn2c(C)[n+](C)c3ccccc32)c1. The van der Waals surface area contributed by atoms with Gasteiger partial charge in [-0.1, -0.05) is 24.3 Å². The van der Waals surface area contributed by atoms with Gasteiger partial charge in [0.25, 0.3) is 5.82 Å². The molecule has 0 radical (unpaired) electrons. The second-order valence-corrected chi connectivity index (χ2v) is 5.99. The molecule has 0 aliphatic carbocycles. The Labute approximate surface area is 136 Å². The highest BCUT2D eigenvalue weighted by Crippen LogP contribution is 2.15. The van der Waals surface area contributed by atoms with Crippen molar-refractivity contribution in [2.45, 2.75) is 26.5 Å². The Morgan fingerprint density at radius 3 is 2.70 bits per heavy atom. The minimum absolute atomic E-state index is 0.277. The zero-order valence-corrected chi connectivity index (χ0v) is 13.9. The van der Waals surface area contributed by atoms with Crippen LogP contribution in [0.1, 0.15) is 11.4 Å². The van der Waals surface area contributed by atoms with Crippen LogP contribution in [0.15, 0.2) is 48.5 Å². The lowest BCUT2D eigenvalue weighted by Gasteiger charge is -2.12. The maximum absolute atomic E-state index is 10.4. The lowest BCUT2D eigenvalue weighted by Crippen LogP contribution is -2.32. The zero-order chi connectivity index (χ0) is 16.4. The van der Waals surface area contributed by atoms with Gasteiger partial charge in [0.15, 0.2) is 11.0 Å². The van der Waals surface area contributed by atoms with E-state index in [1.807, 2.05) is 50.4 Å². The van der Waals surface area contributed by atoms with Crippen molar-refractivity contribution >= 4 is 11.0 Å². The van der Waals surface area contributed by atoms with Crippen LogP contribution < -0.4 is 9.30 Å². The molecule has 2 aromatic carbocycles. The Balaban J connectivity index is 1.73. The summed E-state index contributed by atoms with van der Waals surface area (Å²) in [6.45, 7) is 4.88.